The van der Waals surface area contributed by atoms with Gasteiger partial charge >= 0.3 is 0 Å². The van der Waals surface area contributed by atoms with Crippen LogP contribution in [0.5, 0.6) is 0 Å². The Kier molecular flexibility index (Phi) is 5.05. The summed E-state index contributed by atoms with van der Waals surface area (Å²) in [6, 6.07) is 10.1. The van der Waals surface area contributed by atoms with Crippen LogP contribution in [-0.2, 0) is 4.79 Å². The van der Waals surface area contributed by atoms with E-state index in [0.717, 1.165) is 54.0 Å². The quantitative estimate of drug-likeness (QED) is 0.700. The van der Waals surface area contributed by atoms with Gasteiger partial charge in [0.1, 0.15) is 17.8 Å². The van der Waals surface area contributed by atoms with Crippen molar-refractivity contribution in [3.05, 3.63) is 48.4 Å². The van der Waals surface area contributed by atoms with Crippen molar-refractivity contribution in [2.24, 2.45) is 5.92 Å². The molecule has 6 nitrogen and oxygen atoms in total. The van der Waals surface area contributed by atoms with Gasteiger partial charge in [0.15, 0.2) is 5.78 Å². The molecule has 2 N–H and O–H groups in total. The number of aryl methyl sites for hydroxylation is 1. The normalized spacial score (nSPS) is 17.2. The first-order chi connectivity index (χ1) is 13.2. The number of aromatic nitrogens is 3. The van der Waals surface area contributed by atoms with E-state index in [1.807, 2.05) is 30.5 Å². The van der Waals surface area contributed by atoms with Crippen LogP contribution < -0.4 is 10.2 Å². The second-order valence-corrected chi connectivity index (χ2v) is 7.30. The number of anilines is 2. The molecule has 1 fully saturated rings. The number of hydrogen-bond acceptors (Lipinski definition) is 5. The molecule has 3 aromatic rings. The number of nitrogens with one attached hydrogen (secondary N) is 2. The Hall–Kier alpha value is -2.89. The number of Topliss-reactive ketones (excluding diaryl/α,β-unsaturated/α-hetero) is 1. The molecule has 1 saturated heterocycles. The molecule has 0 bridgehead atoms. The lowest BCUT2D eigenvalue weighted by molar-refractivity contribution is -0.118. The molecule has 27 heavy (non-hydrogen) atoms. The molecular weight excluding hydrogens is 338 g/mol. The van der Waals surface area contributed by atoms with Gasteiger partial charge in [0.25, 0.3) is 0 Å². The van der Waals surface area contributed by atoms with Gasteiger partial charge in [-0.1, -0.05) is 18.2 Å². The SMILES string of the molecule is Cc1ccccc1NCC(=O)C[C@@H]1CCCN(c2ncnc3[nH]ccc23)C1. The third kappa shape index (κ3) is 3.94. The highest BCUT2D eigenvalue weighted by Gasteiger charge is 2.24. The molecule has 2 aromatic heterocycles. The van der Waals surface area contributed by atoms with Crippen molar-refractivity contribution in [3.63, 3.8) is 0 Å². The number of hydrogen-bond donors (Lipinski definition) is 2. The van der Waals surface area contributed by atoms with Gasteiger partial charge in [0, 0.05) is 31.4 Å². The average molecular weight is 363 g/mol. The van der Waals surface area contributed by atoms with Crippen molar-refractivity contribution >= 4 is 28.3 Å². The number of aromatic amines is 1. The van der Waals surface area contributed by atoms with Crippen molar-refractivity contribution < 1.29 is 4.79 Å². The van der Waals surface area contributed by atoms with Gasteiger partial charge in [-0.3, -0.25) is 4.79 Å². The fourth-order valence-electron chi connectivity index (χ4n) is 3.89. The smallest absolute Gasteiger partial charge is 0.152 e. The summed E-state index contributed by atoms with van der Waals surface area (Å²) in [4.78, 5) is 26.7. The molecule has 6 heteroatoms. The van der Waals surface area contributed by atoms with E-state index >= 15 is 0 Å². The molecule has 0 radical (unpaired) electrons. The molecule has 140 valence electrons. The average Bonchev–Trinajstić information content (AvgIpc) is 3.16. The minimum Gasteiger partial charge on any atom is -0.378 e. The summed E-state index contributed by atoms with van der Waals surface area (Å²) in [5, 5.41) is 4.32. The Morgan fingerprint density at radius 1 is 1.30 bits per heavy atom. The van der Waals surface area contributed by atoms with Gasteiger partial charge in [-0.05, 0) is 43.4 Å². The highest BCUT2D eigenvalue weighted by molar-refractivity contribution is 5.87. The predicted molar refractivity (Wildman–Crippen MR) is 108 cm³/mol. The number of rotatable bonds is 6. The minimum absolute atomic E-state index is 0.264. The molecule has 1 aromatic carbocycles. The molecule has 1 aliphatic rings. The van der Waals surface area contributed by atoms with Crippen molar-refractivity contribution in [1.82, 2.24) is 15.0 Å². The summed E-state index contributed by atoms with van der Waals surface area (Å²) in [5.41, 5.74) is 3.06. The zero-order valence-corrected chi connectivity index (χ0v) is 15.6. The van der Waals surface area contributed by atoms with Crippen LogP contribution in [0.15, 0.2) is 42.9 Å². The first-order valence-corrected chi connectivity index (χ1v) is 9.55. The third-order valence-electron chi connectivity index (χ3n) is 5.29. The lowest BCUT2D eigenvalue weighted by atomic mass is 9.92. The van der Waals surface area contributed by atoms with Gasteiger partial charge in [-0.15, -0.1) is 0 Å². The topological polar surface area (TPSA) is 73.9 Å². The maximum absolute atomic E-state index is 12.5. The number of fused-ring (bicyclic) bond motifs is 1. The third-order valence-corrected chi connectivity index (χ3v) is 5.29. The summed E-state index contributed by atoms with van der Waals surface area (Å²) in [6.45, 7) is 4.28. The molecule has 1 atom stereocenters. The Morgan fingerprint density at radius 2 is 2.19 bits per heavy atom. The zero-order valence-electron chi connectivity index (χ0n) is 15.6. The van der Waals surface area contributed by atoms with Crippen LogP contribution >= 0.6 is 0 Å². The summed E-state index contributed by atoms with van der Waals surface area (Å²) < 4.78 is 0. The molecule has 0 aliphatic carbocycles. The van der Waals surface area contributed by atoms with Gasteiger partial charge < -0.3 is 15.2 Å². The van der Waals surface area contributed by atoms with Crippen LogP contribution in [0, 0.1) is 12.8 Å². The van der Waals surface area contributed by atoms with E-state index in [-0.39, 0.29) is 5.78 Å². The van der Waals surface area contributed by atoms with Crippen LogP contribution in [0.25, 0.3) is 11.0 Å². The first kappa shape index (κ1) is 17.5. The van der Waals surface area contributed by atoms with Crippen LogP contribution in [0.3, 0.4) is 0 Å². The Labute approximate surface area is 159 Å². The first-order valence-electron chi connectivity index (χ1n) is 9.55. The lowest BCUT2D eigenvalue weighted by Crippen LogP contribution is -2.37. The van der Waals surface area contributed by atoms with Gasteiger partial charge in [-0.2, -0.15) is 0 Å². The molecule has 3 heterocycles. The van der Waals surface area contributed by atoms with Crippen LogP contribution in [0.4, 0.5) is 11.5 Å². The van der Waals surface area contributed by atoms with Crippen LogP contribution in [0.1, 0.15) is 24.8 Å². The number of para-hydroxylation sites is 1. The summed E-state index contributed by atoms with van der Waals surface area (Å²) in [5.74, 6) is 1.60. The van der Waals surface area contributed by atoms with E-state index in [1.165, 1.54) is 0 Å². The van der Waals surface area contributed by atoms with Crippen molar-refractivity contribution in [2.45, 2.75) is 26.2 Å². The van der Waals surface area contributed by atoms with Crippen LogP contribution in [0.2, 0.25) is 0 Å². The second kappa shape index (κ2) is 7.78. The maximum Gasteiger partial charge on any atom is 0.152 e. The number of carbonyl (C=O) groups excluding carboxylic acids is 1. The van der Waals surface area contributed by atoms with E-state index in [0.29, 0.717) is 18.9 Å². The fraction of sp³-hybridized carbons (Fsp3) is 0.381. The number of carbonyl (C=O) groups is 1. The van der Waals surface area contributed by atoms with Crippen molar-refractivity contribution in [3.8, 4) is 0 Å². The highest BCUT2D eigenvalue weighted by Crippen LogP contribution is 2.28. The second-order valence-electron chi connectivity index (χ2n) is 7.30. The molecule has 0 amide bonds. The number of benzene rings is 1. The van der Waals surface area contributed by atoms with E-state index in [4.69, 9.17) is 0 Å². The minimum atomic E-state index is 0.264. The van der Waals surface area contributed by atoms with E-state index in [1.54, 1.807) is 6.33 Å². The van der Waals surface area contributed by atoms with E-state index in [2.05, 4.69) is 38.2 Å². The number of nitrogens with zero attached hydrogens (tertiary/aromatic N) is 3. The number of piperidine rings is 1. The monoisotopic (exact) mass is 363 g/mol. The summed E-state index contributed by atoms with van der Waals surface area (Å²) >= 11 is 0. The van der Waals surface area contributed by atoms with Gasteiger partial charge in [0.2, 0.25) is 0 Å². The number of ketones is 1. The lowest BCUT2D eigenvalue weighted by Gasteiger charge is -2.33. The standard InChI is InChI=1S/C21H25N5O/c1-15-5-2-3-7-19(15)23-12-17(27)11-16-6-4-10-26(13-16)21-18-8-9-22-20(18)24-14-25-21/h2-3,5,7-9,14,16,23H,4,6,10-13H2,1H3,(H,22,24,25)/t16-/m0/s1. The largest absolute Gasteiger partial charge is 0.378 e. The Balaban J connectivity index is 1.36. The van der Waals surface area contributed by atoms with Gasteiger partial charge in [-0.25, -0.2) is 9.97 Å². The van der Waals surface area contributed by atoms with E-state index < -0.39 is 0 Å². The fourth-order valence-corrected chi connectivity index (χ4v) is 3.89. The Bertz CT molecular complexity index is 935. The maximum atomic E-state index is 12.5. The highest BCUT2D eigenvalue weighted by atomic mass is 16.1. The predicted octanol–water partition coefficient (Wildman–Crippen LogP) is 3.55. The van der Waals surface area contributed by atoms with Crippen molar-refractivity contribution in [1.29, 1.82) is 0 Å². The zero-order chi connectivity index (χ0) is 18.6. The number of H-pyrrole nitrogens is 1. The molecule has 0 unspecified atom stereocenters. The summed E-state index contributed by atoms with van der Waals surface area (Å²) in [6.07, 6.45) is 6.28. The van der Waals surface area contributed by atoms with E-state index in [9.17, 15) is 4.79 Å². The molecule has 0 saturated carbocycles. The van der Waals surface area contributed by atoms with Gasteiger partial charge in [0.05, 0.1) is 11.9 Å². The molecule has 0 spiro atoms. The summed E-state index contributed by atoms with van der Waals surface area (Å²) in [7, 11) is 0. The molecule has 1 aliphatic heterocycles. The Morgan fingerprint density at radius 3 is 3.07 bits per heavy atom. The van der Waals surface area contributed by atoms with Crippen LogP contribution in [-0.4, -0.2) is 40.4 Å². The molecular formula is C21H25N5O. The molecule has 4 rings (SSSR count). The van der Waals surface area contributed by atoms with Crippen molar-refractivity contribution in [2.75, 3.05) is 29.9 Å².